The summed E-state index contributed by atoms with van der Waals surface area (Å²) in [4.78, 5) is 6.71. The van der Waals surface area contributed by atoms with Gasteiger partial charge in [-0.3, -0.25) is 4.99 Å². The monoisotopic (exact) mass is 290 g/mol. The molecule has 1 aromatic rings. The third-order valence-electron chi connectivity index (χ3n) is 3.55. The molecule has 0 saturated heterocycles. The van der Waals surface area contributed by atoms with E-state index in [0.29, 0.717) is 17.9 Å². The van der Waals surface area contributed by atoms with Gasteiger partial charge in [0.25, 0.3) is 0 Å². The third-order valence-corrected chi connectivity index (χ3v) is 3.55. The van der Waals surface area contributed by atoms with Gasteiger partial charge in [-0.2, -0.15) is 0 Å². The SMILES string of the molecule is CCc1cccc(NC(N)=NCC(CC(C)C)N(C)C)c1. The largest absolute Gasteiger partial charge is 0.370 e. The van der Waals surface area contributed by atoms with Crippen LogP contribution in [0.1, 0.15) is 32.8 Å². The van der Waals surface area contributed by atoms with Gasteiger partial charge in [0.05, 0.1) is 6.54 Å². The number of nitrogens with one attached hydrogen (secondary N) is 1. The summed E-state index contributed by atoms with van der Waals surface area (Å²) in [6.07, 6.45) is 2.14. The van der Waals surface area contributed by atoms with E-state index in [2.05, 4.69) is 62.2 Å². The van der Waals surface area contributed by atoms with E-state index < -0.39 is 0 Å². The second-order valence-corrected chi connectivity index (χ2v) is 6.15. The lowest BCUT2D eigenvalue weighted by Crippen LogP contribution is -2.34. The van der Waals surface area contributed by atoms with E-state index in [9.17, 15) is 0 Å². The molecule has 118 valence electrons. The van der Waals surface area contributed by atoms with Crippen LogP contribution in [0, 0.1) is 5.92 Å². The lowest BCUT2D eigenvalue weighted by Gasteiger charge is -2.24. The molecule has 0 amide bonds. The van der Waals surface area contributed by atoms with Gasteiger partial charge in [0.2, 0.25) is 0 Å². The molecule has 0 spiro atoms. The molecule has 0 saturated carbocycles. The fourth-order valence-corrected chi connectivity index (χ4v) is 2.25. The van der Waals surface area contributed by atoms with Crippen LogP contribution < -0.4 is 11.1 Å². The maximum absolute atomic E-state index is 6.00. The van der Waals surface area contributed by atoms with E-state index in [1.807, 2.05) is 12.1 Å². The molecule has 0 aliphatic rings. The molecule has 4 nitrogen and oxygen atoms in total. The zero-order valence-corrected chi connectivity index (χ0v) is 14.1. The molecule has 0 aliphatic heterocycles. The first-order valence-corrected chi connectivity index (χ1v) is 7.74. The maximum atomic E-state index is 6.00. The molecule has 3 N–H and O–H groups in total. The first-order valence-electron chi connectivity index (χ1n) is 7.74. The van der Waals surface area contributed by atoms with Gasteiger partial charge < -0.3 is 16.0 Å². The highest BCUT2D eigenvalue weighted by atomic mass is 15.1. The van der Waals surface area contributed by atoms with Crippen LogP contribution in [0.5, 0.6) is 0 Å². The summed E-state index contributed by atoms with van der Waals surface area (Å²) < 4.78 is 0. The van der Waals surface area contributed by atoms with Crippen LogP contribution in [0.2, 0.25) is 0 Å². The zero-order valence-electron chi connectivity index (χ0n) is 14.1. The quantitative estimate of drug-likeness (QED) is 0.599. The van der Waals surface area contributed by atoms with Crippen molar-refractivity contribution in [1.29, 1.82) is 0 Å². The Morgan fingerprint density at radius 3 is 2.62 bits per heavy atom. The average Bonchev–Trinajstić information content (AvgIpc) is 2.43. The van der Waals surface area contributed by atoms with Crippen molar-refractivity contribution in [1.82, 2.24) is 4.90 Å². The first-order chi connectivity index (χ1) is 9.92. The maximum Gasteiger partial charge on any atom is 0.193 e. The van der Waals surface area contributed by atoms with Crippen LogP contribution in [-0.2, 0) is 6.42 Å². The van der Waals surface area contributed by atoms with Crippen LogP contribution in [0.4, 0.5) is 5.69 Å². The van der Waals surface area contributed by atoms with Gasteiger partial charge >= 0.3 is 0 Å². The van der Waals surface area contributed by atoms with Crippen LogP contribution in [-0.4, -0.2) is 37.5 Å². The zero-order chi connectivity index (χ0) is 15.8. The highest BCUT2D eigenvalue weighted by molar-refractivity contribution is 5.92. The minimum atomic E-state index is 0.423. The minimum Gasteiger partial charge on any atom is -0.370 e. The molecule has 0 aliphatic carbocycles. The summed E-state index contributed by atoms with van der Waals surface area (Å²) in [6, 6.07) is 8.70. The number of hydrogen-bond donors (Lipinski definition) is 2. The van der Waals surface area contributed by atoms with Gasteiger partial charge in [-0.25, -0.2) is 0 Å². The number of rotatable bonds is 7. The van der Waals surface area contributed by atoms with Crippen LogP contribution in [0.25, 0.3) is 0 Å². The molecule has 0 heterocycles. The van der Waals surface area contributed by atoms with Gasteiger partial charge in [-0.05, 0) is 50.6 Å². The second kappa shape index (κ2) is 8.67. The number of hydrogen-bond acceptors (Lipinski definition) is 2. The third kappa shape index (κ3) is 6.63. The van der Waals surface area contributed by atoms with E-state index >= 15 is 0 Å². The Balaban J connectivity index is 2.62. The standard InChI is InChI=1S/C17H30N4/c1-6-14-8-7-9-15(11-14)20-17(18)19-12-16(21(4)5)10-13(2)3/h7-9,11,13,16H,6,10,12H2,1-5H3,(H3,18,19,20). The van der Waals surface area contributed by atoms with Crippen LogP contribution in [0.3, 0.4) is 0 Å². The van der Waals surface area contributed by atoms with Gasteiger partial charge in [0.15, 0.2) is 5.96 Å². The lowest BCUT2D eigenvalue weighted by atomic mass is 10.0. The van der Waals surface area contributed by atoms with Gasteiger partial charge in [-0.1, -0.05) is 32.9 Å². The smallest absolute Gasteiger partial charge is 0.193 e. The highest BCUT2D eigenvalue weighted by Crippen LogP contribution is 2.11. The molecule has 0 radical (unpaired) electrons. The topological polar surface area (TPSA) is 53.6 Å². The summed E-state index contributed by atoms with van der Waals surface area (Å²) in [7, 11) is 4.19. The molecule has 1 atom stereocenters. The molecule has 0 bridgehead atoms. The van der Waals surface area contributed by atoms with Crippen LogP contribution in [0.15, 0.2) is 29.3 Å². The number of likely N-dealkylation sites (N-methyl/N-ethyl adjacent to an activating group) is 1. The molecule has 1 aromatic carbocycles. The molecule has 1 unspecified atom stereocenters. The molecule has 0 aromatic heterocycles. The molecule has 21 heavy (non-hydrogen) atoms. The Hall–Kier alpha value is -1.55. The van der Waals surface area contributed by atoms with Crippen molar-refractivity contribution in [2.24, 2.45) is 16.6 Å². The van der Waals surface area contributed by atoms with Crippen molar-refractivity contribution in [2.75, 3.05) is 26.0 Å². The van der Waals surface area contributed by atoms with Crippen molar-refractivity contribution in [2.45, 2.75) is 39.7 Å². The summed E-state index contributed by atoms with van der Waals surface area (Å²) in [5, 5.41) is 3.17. The number of nitrogens with zero attached hydrogens (tertiary/aromatic N) is 2. The van der Waals surface area contributed by atoms with E-state index in [1.165, 1.54) is 5.56 Å². The van der Waals surface area contributed by atoms with Crippen molar-refractivity contribution in [3.8, 4) is 0 Å². The number of nitrogens with two attached hydrogens (primary N) is 1. The Kier molecular flexibility index (Phi) is 7.23. The second-order valence-electron chi connectivity index (χ2n) is 6.15. The highest BCUT2D eigenvalue weighted by Gasteiger charge is 2.12. The Morgan fingerprint density at radius 2 is 2.05 bits per heavy atom. The number of aliphatic imine (C=N–C) groups is 1. The molecule has 0 fully saturated rings. The summed E-state index contributed by atoms with van der Waals surface area (Å²) in [5.74, 6) is 1.14. The fourth-order valence-electron chi connectivity index (χ4n) is 2.25. The summed E-state index contributed by atoms with van der Waals surface area (Å²) in [5.41, 5.74) is 8.29. The average molecular weight is 290 g/mol. The fraction of sp³-hybridized carbons (Fsp3) is 0.588. The minimum absolute atomic E-state index is 0.423. The van der Waals surface area contributed by atoms with Crippen molar-refractivity contribution in [3.63, 3.8) is 0 Å². The number of anilines is 1. The lowest BCUT2D eigenvalue weighted by molar-refractivity contribution is 0.261. The van der Waals surface area contributed by atoms with E-state index in [1.54, 1.807) is 0 Å². The van der Waals surface area contributed by atoms with E-state index in [0.717, 1.165) is 25.1 Å². The molecule has 4 heteroatoms. The normalized spacial score (nSPS) is 13.8. The Morgan fingerprint density at radius 1 is 1.33 bits per heavy atom. The first kappa shape index (κ1) is 17.5. The van der Waals surface area contributed by atoms with Crippen molar-refractivity contribution < 1.29 is 0 Å². The Bertz CT molecular complexity index is 452. The van der Waals surface area contributed by atoms with Gasteiger partial charge in [0.1, 0.15) is 0 Å². The summed E-state index contributed by atoms with van der Waals surface area (Å²) in [6.45, 7) is 7.33. The van der Waals surface area contributed by atoms with Gasteiger partial charge in [0, 0.05) is 11.7 Å². The van der Waals surface area contributed by atoms with Gasteiger partial charge in [-0.15, -0.1) is 0 Å². The molecular formula is C17H30N4. The predicted octanol–water partition coefficient (Wildman–Crippen LogP) is 2.95. The molecule has 1 rings (SSSR count). The number of aryl methyl sites for hydroxylation is 1. The molecular weight excluding hydrogens is 260 g/mol. The predicted molar refractivity (Wildman–Crippen MR) is 92.9 cm³/mol. The Labute approximate surface area is 129 Å². The van der Waals surface area contributed by atoms with E-state index in [-0.39, 0.29) is 0 Å². The van der Waals surface area contributed by atoms with Crippen molar-refractivity contribution >= 4 is 11.6 Å². The number of guanidine groups is 1. The van der Waals surface area contributed by atoms with Crippen LogP contribution >= 0.6 is 0 Å². The van der Waals surface area contributed by atoms with Crippen molar-refractivity contribution in [3.05, 3.63) is 29.8 Å². The number of benzene rings is 1. The van der Waals surface area contributed by atoms with E-state index in [4.69, 9.17) is 5.73 Å². The summed E-state index contributed by atoms with van der Waals surface area (Å²) >= 11 is 0.